The average molecular weight is 277 g/mol. The van der Waals surface area contributed by atoms with Gasteiger partial charge in [-0.1, -0.05) is 0 Å². The monoisotopic (exact) mass is 277 g/mol. The first-order chi connectivity index (χ1) is 9.13. The van der Waals surface area contributed by atoms with E-state index in [4.69, 9.17) is 4.74 Å². The lowest BCUT2D eigenvalue weighted by Crippen LogP contribution is -2.09. The Bertz CT molecular complexity index is 610. The van der Waals surface area contributed by atoms with Gasteiger partial charge in [0.25, 0.3) is 0 Å². The number of nitrogens with zero attached hydrogens (tertiary/aromatic N) is 3. The summed E-state index contributed by atoms with van der Waals surface area (Å²) in [5.41, 5.74) is 0.617. The van der Waals surface area contributed by atoms with Crippen LogP contribution < -0.4 is 0 Å². The Morgan fingerprint density at radius 2 is 2.21 bits per heavy atom. The van der Waals surface area contributed by atoms with Crippen molar-refractivity contribution in [3.8, 4) is 10.7 Å². The summed E-state index contributed by atoms with van der Waals surface area (Å²) in [6.45, 7) is 3.32. The van der Waals surface area contributed by atoms with E-state index in [0.717, 1.165) is 11.3 Å². The molecule has 19 heavy (non-hydrogen) atoms. The summed E-state index contributed by atoms with van der Waals surface area (Å²) in [6.07, 6.45) is 2.95. The van der Waals surface area contributed by atoms with E-state index in [0.29, 0.717) is 10.7 Å². The summed E-state index contributed by atoms with van der Waals surface area (Å²) < 4.78 is 4.89. The van der Waals surface area contributed by atoms with E-state index in [1.54, 1.807) is 19.2 Å². The highest BCUT2D eigenvalue weighted by Crippen LogP contribution is 2.27. The molecule has 0 N–H and O–H groups in total. The van der Waals surface area contributed by atoms with Crippen molar-refractivity contribution >= 4 is 23.1 Å². The maximum absolute atomic E-state index is 11.8. The number of hydrogen-bond acceptors (Lipinski definition) is 7. The quantitative estimate of drug-likeness (QED) is 0.627. The fourth-order valence-corrected chi connectivity index (χ4v) is 2.35. The molecule has 6 nitrogen and oxygen atoms in total. The summed E-state index contributed by atoms with van der Waals surface area (Å²) >= 11 is 1.12. The van der Waals surface area contributed by atoms with Crippen molar-refractivity contribution in [1.82, 2.24) is 15.0 Å². The maximum atomic E-state index is 11.8. The van der Waals surface area contributed by atoms with Crippen LogP contribution in [0.4, 0.5) is 0 Å². The number of aromatic nitrogens is 3. The van der Waals surface area contributed by atoms with Crippen LogP contribution >= 0.6 is 11.3 Å². The van der Waals surface area contributed by atoms with Gasteiger partial charge in [0.2, 0.25) is 0 Å². The van der Waals surface area contributed by atoms with E-state index in [9.17, 15) is 9.59 Å². The van der Waals surface area contributed by atoms with Gasteiger partial charge in [0.15, 0.2) is 11.5 Å². The van der Waals surface area contributed by atoms with Crippen molar-refractivity contribution < 1.29 is 14.3 Å². The van der Waals surface area contributed by atoms with Gasteiger partial charge in [0.05, 0.1) is 6.61 Å². The predicted octanol–water partition coefficient (Wildman–Crippen LogP) is 1.98. The molecule has 2 heterocycles. The molecule has 2 aromatic rings. The van der Waals surface area contributed by atoms with Crippen molar-refractivity contribution in [1.29, 1.82) is 0 Å². The number of Topliss-reactive ketones (excluding diaryl/α,β-unsaturated/α-hetero) is 1. The summed E-state index contributed by atoms with van der Waals surface area (Å²) in [4.78, 5) is 35.6. The number of hydrogen-bond donors (Lipinski definition) is 0. The van der Waals surface area contributed by atoms with E-state index >= 15 is 0 Å². The molecule has 2 aromatic heterocycles. The highest BCUT2D eigenvalue weighted by molar-refractivity contribution is 7.17. The fraction of sp³-hybridized carbons (Fsp3) is 0.250. The summed E-state index contributed by atoms with van der Waals surface area (Å²) in [5.74, 6) is -0.815. The molecule has 0 radical (unpaired) electrons. The molecule has 0 fully saturated rings. The largest absolute Gasteiger partial charge is 0.461 e. The van der Waals surface area contributed by atoms with Crippen LogP contribution in [0, 0.1) is 0 Å². The number of esters is 1. The number of carbonyl (C=O) groups is 2. The zero-order valence-corrected chi connectivity index (χ0v) is 11.2. The third-order valence-corrected chi connectivity index (χ3v) is 3.40. The van der Waals surface area contributed by atoms with Gasteiger partial charge >= 0.3 is 5.97 Å². The van der Waals surface area contributed by atoms with E-state index in [-0.39, 0.29) is 23.0 Å². The molecular weight excluding hydrogens is 266 g/mol. The smallest absolute Gasteiger partial charge is 0.358 e. The van der Waals surface area contributed by atoms with Gasteiger partial charge in [0.1, 0.15) is 21.9 Å². The van der Waals surface area contributed by atoms with E-state index in [1.807, 2.05) is 0 Å². The average Bonchev–Trinajstić information content (AvgIpc) is 2.85. The van der Waals surface area contributed by atoms with E-state index in [2.05, 4.69) is 15.0 Å². The zero-order chi connectivity index (χ0) is 13.8. The second-order valence-electron chi connectivity index (χ2n) is 3.57. The Morgan fingerprint density at radius 1 is 1.42 bits per heavy atom. The van der Waals surface area contributed by atoms with Crippen LogP contribution in [-0.2, 0) is 4.74 Å². The van der Waals surface area contributed by atoms with Crippen LogP contribution in [0.3, 0.4) is 0 Å². The van der Waals surface area contributed by atoms with Gasteiger partial charge in [-0.05, 0) is 13.0 Å². The zero-order valence-electron chi connectivity index (χ0n) is 10.4. The van der Waals surface area contributed by atoms with E-state index < -0.39 is 5.97 Å². The molecule has 0 bridgehead atoms. The minimum absolute atomic E-state index is 0.0490. The third-order valence-electron chi connectivity index (χ3n) is 2.22. The highest BCUT2D eigenvalue weighted by Gasteiger charge is 2.23. The molecular formula is C12H11N3O3S. The van der Waals surface area contributed by atoms with Crippen LogP contribution in [-0.4, -0.2) is 33.3 Å². The highest BCUT2D eigenvalue weighted by atomic mass is 32.1. The number of ketones is 1. The molecule has 0 aliphatic carbocycles. The van der Waals surface area contributed by atoms with Crippen molar-refractivity contribution in [2.24, 2.45) is 0 Å². The SMILES string of the molecule is CCOC(=O)c1nc(-c2ccncn2)sc1C(C)=O. The first-order valence-electron chi connectivity index (χ1n) is 5.58. The van der Waals surface area contributed by atoms with Crippen LogP contribution in [0.25, 0.3) is 10.7 Å². The Kier molecular flexibility index (Phi) is 3.96. The molecule has 0 aliphatic heterocycles. The molecule has 2 rings (SSSR count). The van der Waals surface area contributed by atoms with Gasteiger partial charge < -0.3 is 4.74 Å². The first-order valence-corrected chi connectivity index (χ1v) is 6.40. The molecule has 0 atom stereocenters. The van der Waals surface area contributed by atoms with Crippen LogP contribution in [0.15, 0.2) is 18.6 Å². The lowest BCUT2D eigenvalue weighted by molar-refractivity contribution is 0.0517. The van der Waals surface area contributed by atoms with E-state index in [1.165, 1.54) is 13.3 Å². The minimum Gasteiger partial charge on any atom is -0.461 e. The molecule has 0 amide bonds. The van der Waals surface area contributed by atoms with Crippen molar-refractivity contribution in [2.45, 2.75) is 13.8 Å². The Morgan fingerprint density at radius 3 is 2.79 bits per heavy atom. The standard InChI is InChI=1S/C12H11N3O3S/c1-3-18-12(17)9-10(7(2)16)19-11(15-9)8-4-5-13-6-14-8/h4-6H,3H2,1-2H3. The summed E-state index contributed by atoms with van der Waals surface area (Å²) in [7, 11) is 0. The summed E-state index contributed by atoms with van der Waals surface area (Å²) in [6, 6.07) is 1.66. The first kappa shape index (κ1) is 13.3. The molecule has 0 saturated carbocycles. The van der Waals surface area contributed by atoms with Crippen molar-refractivity contribution in [3.05, 3.63) is 29.2 Å². The third kappa shape index (κ3) is 2.82. The predicted molar refractivity (Wildman–Crippen MR) is 69.1 cm³/mol. The number of carbonyl (C=O) groups excluding carboxylic acids is 2. The van der Waals surface area contributed by atoms with Gasteiger partial charge in [-0.25, -0.2) is 19.7 Å². The lowest BCUT2D eigenvalue weighted by Gasteiger charge is -1.98. The molecule has 0 saturated heterocycles. The lowest BCUT2D eigenvalue weighted by atomic mass is 10.3. The fourth-order valence-electron chi connectivity index (χ4n) is 1.42. The molecule has 0 unspecified atom stereocenters. The second-order valence-corrected chi connectivity index (χ2v) is 4.57. The summed E-state index contributed by atoms with van der Waals surface area (Å²) in [5, 5.41) is 0.496. The molecule has 7 heteroatoms. The van der Waals surface area contributed by atoms with Crippen LogP contribution in [0.2, 0.25) is 0 Å². The van der Waals surface area contributed by atoms with Gasteiger partial charge in [0, 0.05) is 13.1 Å². The molecule has 0 aromatic carbocycles. The van der Waals surface area contributed by atoms with Gasteiger partial charge in [-0.3, -0.25) is 4.79 Å². The number of thiazole rings is 1. The second kappa shape index (κ2) is 5.66. The maximum Gasteiger partial charge on any atom is 0.358 e. The van der Waals surface area contributed by atoms with Gasteiger partial charge in [-0.2, -0.15) is 0 Å². The Labute approximate surface area is 113 Å². The number of ether oxygens (including phenoxy) is 1. The molecule has 0 aliphatic rings. The molecule has 98 valence electrons. The Hall–Kier alpha value is -2.15. The number of rotatable bonds is 4. The van der Waals surface area contributed by atoms with Crippen LogP contribution in [0.5, 0.6) is 0 Å². The van der Waals surface area contributed by atoms with Crippen molar-refractivity contribution in [3.63, 3.8) is 0 Å². The molecule has 0 spiro atoms. The van der Waals surface area contributed by atoms with Gasteiger partial charge in [-0.15, -0.1) is 11.3 Å². The Balaban J connectivity index is 2.47. The topological polar surface area (TPSA) is 82.0 Å². The minimum atomic E-state index is -0.593. The normalized spacial score (nSPS) is 10.2. The van der Waals surface area contributed by atoms with Crippen molar-refractivity contribution in [2.75, 3.05) is 6.61 Å². The van der Waals surface area contributed by atoms with Crippen LogP contribution in [0.1, 0.15) is 34.0 Å².